The number of benzene rings is 1. The molecule has 0 aromatic heterocycles. The number of nitrogens with zero attached hydrogens (tertiary/aromatic N) is 2. The molecule has 1 amide bonds. The van der Waals surface area contributed by atoms with Crippen LogP contribution in [-0.2, 0) is 9.53 Å². The molecule has 2 aliphatic heterocycles. The summed E-state index contributed by atoms with van der Waals surface area (Å²) < 4.78 is 5.35. The molecule has 5 nitrogen and oxygen atoms in total. The Kier molecular flexibility index (Phi) is 5.74. The van der Waals surface area contributed by atoms with Gasteiger partial charge in [0.1, 0.15) is 0 Å². The van der Waals surface area contributed by atoms with Crippen LogP contribution in [-0.4, -0.2) is 57.2 Å². The Labute approximate surface area is 145 Å². The Balaban J connectivity index is 1.60. The van der Waals surface area contributed by atoms with Crippen molar-refractivity contribution in [3.63, 3.8) is 0 Å². The van der Waals surface area contributed by atoms with Gasteiger partial charge in [0.05, 0.1) is 6.54 Å². The predicted octanol–water partition coefficient (Wildman–Crippen LogP) is 2.18. The van der Waals surface area contributed by atoms with Crippen LogP contribution < -0.4 is 10.2 Å². The molecule has 2 saturated heterocycles. The summed E-state index contributed by atoms with van der Waals surface area (Å²) in [5.74, 6) is 0.151. The lowest BCUT2D eigenvalue weighted by Gasteiger charge is -2.27. The van der Waals surface area contributed by atoms with Crippen LogP contribution in [0.4, 0.5) is 5.69 Å². The van der Waals surface area contributed by atoms with Gasteiger partial charge in [-0.25, -0.2) is 0 Å². The van der Waals surface area contributed by atoms with Crippen LogP contribution in [0.25, 0.3) is 0 Å². The topological polar surface area (TPSA) is 44.8 Å². The van der Waals surface area contributed by atoms with E-state index in [1.165, 1.54) is 11.3 Å². The van der Waals surface area contributed by atoms with Gasteiger partial charge in [0.2, 0.25) is 5.91 Å². The highest BCUT2D eigenvalue weighted by molar-refractivity contribution is 5.78. The molecule has 1 aromatic carbocycles. The van der Waals surface area contributed by atoms with Gasteiger partial charge in [0.25, 0.3) is 0 Å². The lowest BCUT2D eigenvalue weighted by atomic mass is 10.0. The van der Waals surface area contributed by atoms with E-state index < -0.39 is 0 Å². The average Bonchev–Trinajstić information content (AvgIpc) is 3.03. The van der Waals surface area contributed by atoms with Crippen LogP contribution in [0, 0.1) is 0 Å². The van der Waals surface area contributed by atoms with E-state index >= 15 is 0 Å². The summed E-state index contributed by atoms with van der Waals surface area (Å²) in [6.45, 7) is 3.01. The van der Waals surface area contributed by atoms with E-state index in [9.17, 15) is 4.79 Å². The number of carbonyl (C=O) groups is 1. The van der Waals surface area contributed by atoms with Crippen LogP contribution in [0.15, 0.2) is 24.3 Å². The maximum Gasteiger partial charge on any atom is 0.234 e. The number of anilines is 1. The van der Waals surface area contributed by atoms with Crippen molar-refractivity contribution in [2.24, 2.45) is 0 Å². The fourth-order valence-electron chi connectivity index (χ4n) is 3.70. The predicted molar refractivity (Wildman–Crippen MR) is 96.3 cm³/mol. The molecule has 1 unspecified atom stereocenters. The van der Waals surface area contributed by atoms with Crippen molar-refractivity contribution in [1.82, 2.24) is 10.2 Å². The second-order valence-corrected chi connectivity index (χ2v) is 7.07. The third-order valence-corrected chi connectivity index (χ3v) is 5.07. The zero-order chi connectivity index (χ0) is 16.9. The van der Waals surface area contributed by atoms with Gasteiger partial charge in [0, 0.05) is 45.1 Å². The van der Waals surface area contributed by atoms with Crippen LogP contribution in [0.3, 0.4) is 0 Å². The monoisotopic (exact) mass is 331 g/mol. The molecule has 0 saturated carbocycles. The van der Waals surface area contributed by atoms with Crippen LogP contribution in [0.2, 0.25) is 0 Å². The fraction of sp³-hybridized carbons (Fsp3) is 0.632. The zero-order valence-electron chi connectivity index (χ0n) is 14.8. The molecule has 5 heteroatoms. The Hall–Kier alpha value is -1.59. The Morgan fingerprint density at radius 3 is 2.83 bits per heavy atom. The number of nitrogens with one attached hydrogen (secondary N) is 1. The summed E-state index contributed by atoms with van der Waals surface area (Å²) in [7, 11) is 4.12. The Morgan fingerprint density at radius 2 is 2.08 bits per heavy atom. The molecule has 0 radical (unpaired) electrons. The molecule has 2 heterocycles. The number of likely N-dealkylation sites (tertiary alicyclic amines) is 1. The first-order valence-corrected chi connectivity index (χ1v) is 9.02. The molecular weight excluding hydrogens is 302 g/mol. The van der Waals surface area contributed by atoms with E-state index in [-0.39, 0.29) is 11.9 Å². The van der Waals surface area contributed by atoms with Crippen molar-refractivity contribution in [1.29, 1.82) is 0 Å². The van der Waals surface area contributed by atoms with E-state index in [0.717, 1.165) is 45.4 Å². The normalized spacial score (nSPS) is 22.5. The molecule has 1 atom stereocenters. The summed E-state index contributed by atoms with van der Waals surface area (Å²) in [5.41, 5.74) is 2.53. The standard InChI is InChI=1S/C19H29N3O2/c1-21(2)17-6-3-5-15(13-17)18-7-4-10-22(18)14-19(23)20-16-8-11-24-12-9-16/h3,5-6,13,16,18H,4,7-12,14H2,1-2H3,(H,20,23). The van der Waals surface area contributed by atoms with E-state index in [2.05, 4.69) is 53.5 Å². The lowest BCUT2D eigenvalue weighted by molar-refractivity contribution is -0.123. The van der Waals surface area contributed by atoms with Gasteiger partial charge >= 0.3 is 0 Å². The number of ether oxygens (including phenoxy) is 1. The Morgan fingerprint density at radius 1 is 1.29 bits per heavy atom. The molecule has 1 aromatic rings. The minimum atomic E-state index is 0.151. The summed E-state index contributed by atoms with van der Waals surface area (Å²) >= 11 is 0. The molecule has 132 valence electrons. The van der Waals surface area contributed by atoms with Gasteiger partial charge in [-0.1, -0.05) is 12.1 Å². The van der Waals surface area contributed by atoms with Crippen molar-refractivity contribution >= 4 is 11.6 Å². The van der Waals surface area contributed by atoms with Gasteiger partial charge in [-0.2, -0.15) is 0 Å². The number of hydrogen-bond donors (Lipinski definition) is 1. The quantitative estimate of drug-likeness (QED) is 0.898. The van der Waals surface area contributed by atoms with Gasteiger partial charge < -0.3 is 15.0 Å². The average molecular weight is 331 g/mol. The molecule has 0 bridgehead atoms. The van der Waals surface area contributed by atoms with E-state index in [4.69, 9.17) is 4.74 Å². The second kappa shape index (κ2) is 7.99. The van der Waals surface area contributed by atoms with Crippen LogP contribution in [0.5, 0.6) is 0 Å². The maximum atomic E-state index is 12.4. The van der Waals surface area contributed by atoms with Gasteiger partial charge in [-0.05, 0) is 49.9 Å². The zero-order valence-corrected chi connectivity index (χ0v) is 14.8. The number of carbonyl (C=O) groups excluding carboxylic acids is 1. The van der Waals surface area contributed by atoms with Crippen molar-refractivity contribution in [3.8, 4) is 0 Å². The van der Waals surface area contributed by atoms with Crippen molar-refractivity contribution in [2.45, 2.75) is 37.8 Å². The molecule has 2 aliphatic rings. The first-order chi connectivity index (χ1) is 11.6. The van der Waals surface area contributed by atoms with Gasteiger partial charge in [0.15, 0.2) is 0 Å². The number of amides is 1. The maximum absolute atomic E-state index is 12.4. The van der Waals surface area contributed by atoms with E-state index in [0.29, 0.717) is 12.6 Å². The molecule has 3 rings (SSSR count). The summed E-state index contributed by atoms with van der Waals surface area (Å²) in [6, 6.07) is 9.31. The number of hydrogen-bond acceptors (Lipinski definition) is 4. The molecule has 2 fully saturated rings. The van der Waals surface area contributed by atoms with E-state index in [1.807, 2.05) is 0 Å². The summed E-state index contributed by atoms with van der Waals surface area (Å²) in [4.78, 5) is 16.9. The van der Waals surface area contributed by atoms with Crippen molar-refractivity contribution in [3.05, 3.63) is 29.8 Å². The summed E-state index contributed by atoms with van der Waals surface area (Å²) in [6.07, 6.45) is 4.14. The first-order valence-electron chi connectivity index (χ1n) is 9.02. The lowest BCUT2D eigenvalue weighted by Crippen LogP contribution is -2.44. The van der Waals surface area contributed by atoms with E-state index in [1.54, 1.807) is 0 Å². The number of rotatable bonds is 5. The molecular formula is C19H29N3O2. The van der Waals surface area contributed by atoms with Crippen molar-refractivity contribution < 1.29 is 9.53 Å². The smallest absolute Gasteiger partial charge is 0.234 e. The summed E-state index contributed by atoms with van der Waals surface area (Å²) in [5, 5.41) is 3.18. The Bertz CT molecular complexity index is 555. The van der Waals surface area contributed by atoms with Crippen LogP contribution in [0.1, 0.15) is 37.3 Å². The third kappa shape index (κ3) is 4.28. The molecule has 1 N–H and O–H groups in total. The molecule has 0 aliphatic carbocycles. The minimum Gasteiger partial charge on any atom is -0.381 e. The SMILES string of the molecule is CN(C)c1cccc(C2CCCN2CC(=O)NC2CCOCC2)c1. The van der Waals surface area contributed by atoms with Crippen molar-refractivity contribution in [2.75, 3.05) is 45.3 Å². The van der Waals surface area contributed by atoms with Crippen LogP contribution >= 0.6 is 0 Å². The van der Waals surface area contributed by atoms with Gasteiger partial charge in [-0.15, -0.1) is 0 Å². The highest BCUT2D eigenvalue weighted by Gasteiger charge is 2.28. The highest BCUT2D eigenvalue weighted by atomic mass is 16.5. The molecule has 0 spiro atoms. The fourth-order valence-corrected chi connectivity index (χ4v) is 3.70. The first kappa shape index (κ1) is 17.2. The largest absolute Gasteiger partial charge is 0.381 e. The van der Waals surface area contributed by atoms with Gasteiger partial charge in [-0.3, -0.25) is 9.69 Å². The molecule has 24 heavy (non-hydrogen) atoms. The minimum absolute atomic E-state index is 0.151. The third-order valence-electron chi connectivity index (χ3n) is 5.07. The second-order valence-electron chi connectivity index (χ2n) is 7.07. The highest BCUT2D eigenvalue weighted by Crippen LogP contribution is 2.33.